The summed E-state index contributed by atoms with van der Waals surface area (Å²) in [4.78, 5) is 3.65. The number of anilines is 1. The molecule has 0 N–H and O–H groups in total. The lowest BCUT2D eigenvalue weighted by atomic mass is 10.1. The Balaban J connectivity index is 1.54. The maximum absolute atomic E-state index is 2.33. The molecule has 0 spiro atoms. The van der Waals surface area contributed by atoms with E-state index in [0.29, 0.717) is 0 Å². The Bertz CT molecular complexity index is 1280. The highest BCUT2D eigenvalue weighted by molar-refractivity contribution is 8.04. The van der Waals surface area contributed by atoms with E-state index in [0.717, 1.165) is 0 Å². The second-order valence-electron chi connectivity index (χ2n) is 8.02. The molecule has 0 saturated heterocycles. The fraction of sp³-hybridized carbons (Fsp3) is 0.148. The monoisotopic (exact) mass is 409 g/mol. The molecule has 30 heavy (non-hydrogen) atoms. The number of rotatable bonds is 2. The predicted octanol–water partition coefficient (Wildman–Crippen LogP) is 6.58. The molecule has 0 unspecified atom stereocenters. The van der Waals surface area contributed by atoms with Gasteiger partial charge in [-0.2, -0.15) is 4.57 Å². The van der Waals surface area contributed by atoms with E-state index in [1.54, 1.807) is 0 Å². The number of thioether (sulfide) groups is 1. The number of hydrogen-bond donors (Lipinski definition) is 0. The first kappa shape index (κ1) is 19.0. The zero-order valence-electron chi connectivity index (χ0n) is 17.8. The van der Waals surface area contributed by atoms with Crippen LogP contribution in [0.1, 0.15) is 22.5 Å². The van der Waals surface area contributed by atoms with Gasteiger partial charge in [-0.1, -0.05) is 59.8 Å². The number of fused-ring (bicyclic) bond motifs is 3. The van der Waals surface area contributed by atoms with Gasteiger partial charge in [-0.3, -0.25) is 0 Å². The molecule has 2 heterocycles. The largest absolute Gasteiger partial charge is 0.338 e. The summed E-state index contributed by atoms with van der Waals surface area (Å²) >= 11 is 1.85. The summed E-state index contributed by atoms with van der Waals surface area (Å²) in [6.45, 7) is 6.49. The molecule has 0 aliphatic carbocycles. The normalized spacial score (nSPS) is 14.5. The van der Waals surface area contributed by atoms with Crippen LogP contribution < -0.4 is 9.47 Å². The average Bonchev–Trinajstić information content (AvgIpc) is 3.05. The summed E-state index contributed by atoms with van der Waals surface area (Å²) in [5, 5.41) is 3.86. The lowest BCUT2D eigenvalue weighted by Crippen LogP contribution is -2.37. The fourth-order valence-electron chi connectivity index (χ4n) is 4.34. The van der Waals surface area contributed by atoms with Crippen molar-refractivity contribution in [2.24, 2.45) is 0 Å². The smallest absolute Gasteiger partial charge is 0.211 e. The zero-order chi connectivity index (χ0) is 20.8. The first-order chi connectivity index (χ1) is 14.5. The van der Waals surface area contributed by atoms with E-state index >= 15 is 0 Å². The molecule has 148 valence electrons. The number of benzene rings is 3. The second-order valence-corrected chi connectivity index (χ2v) is 9.08. The van der Waals surface area contributed by atoms with Crippen LogP contribution in [0.5, 0.6) is 0 Å². The van der Waals surface area contributed by atoms with Gasteiger partial charge in [0.05, 0.1) is 10.7 Å². The number of nitrogens with zero attached hydrogens (tertiary/aromatic N) is 2. The van der Waals surface area contributed by atoms with Gasteiger partial charge in [0.25, 0.3) is 0 Å². The van der Waals surface area contributed by atoms with Gasteiger partial charge < -0.3 is 4.90 Å². The van der Waals surface area contributed by atoms with Crippen molar-refractivity contribution in [3.63, 3.8) is 0 Å². The third-order valence-corrected chi connectivity index (χ3v) is 6.93. The molecule has 0 atom stereocenters. The zero-order valence-corrected chi connectivity index (χ0v) is 18.6. The van der Waals surface area contributed by atoms with Crippen molar-refractivity contribution in [1.29, 1.82) is 0 Å². The minimum Gasteiger partial charge on any atom is -0.338 e. The van der Waals surface area contributed by atoms with Gasteiger partial charge >= 0.3 is 0 Å². The Morgan fingerprint density at radius 1 is 0.833 bits per heavy atom. The summed E-state index contributed by atoms with van der Waals surface area (Å²) in [7, 11) is 2.17. The van der Waals surface area contributed by atoms with Gasteiger partial charge in [-0.05, 0) is 30.0 Å². The highest BCUT2D eigenvalue weighted by Gasteiger charge is 2.24. The van der Waals surface area contributed by atoms with Crippen LogP contribution in [-0.2, 0) is 0 Å². The van der Waals surface area contributed by atoms with E-state index in [-0.39, 0.29) is 0 Å². The molecule has 0 fully saturated rings. The molecule has 3 aromatic carbocycles. The van der Waals surface area contributed by atoms with Crippen LogP contribution in [0.15, 0.2) is 82.7 Å². The van der Waals surface area contributed by atoms with Gasteiger partial charge in [-0.25, -0.2) is 0 Å². The molecule has 5 rings (SSSR count). The minimum atomic E-state index is 1.21. The highest BCUT2D eigenvalue weighted by Crippen LogP contribution is 2.49. The lowest BCUT2D eigenvalue weighted by Gasteiger charge is -2.16. The van der Waals surface area contributed by atoms with Crippen LogP contribution in [0, 0.1) is 20.8 Å². The summed E-state index contributed by atoms with van der Waals surface area (Å²) in [5.41, 5.74) is 7.51. The van der Waals surface area contributed by atoms with Crippen molar-refractivity contribution in [3.8, 4) is 5.69 Å². The molecule has 0 radical (unpaired) electrons. The van der Waals surface area contributed by atoms with E-state index in [9.17, 15) is 0 Å². The van der Waals surface area contributed by atoms with E-state index in [2.05, 4.69) is 116 Å². The van der Waals surface area contributed by atoms with Gasteiger partial charge in [0, 0.05) is 55.4 Å². The lowest BCUT2D eigenvalue weighted by molar-refractivity contribution is -0.609. The Labute approximate surface area is 182 Å². The molecule has 1 aromatic heterocycles. The molecule has 1 aliphatic heterocycles. The van der Waals surface area contributed by atoms with E-state index in [1.165, 1.54) is 54.6 Å². The predicted molar refractivity (Wildman–Crippen MR) is 128 cm³/mol. The third kappa shape index (κ3) is 3.20. The summed E-state index contributed by atoms with van der Waals surface area (Å²) < 4.78 is 2.31. The molecule has 0 bridgehead atoms. The number of aryl methyl sites for hydroxylation is 3. The molecule has 2 nitrogen and oxygen atoms in total. The fourth-order valence-corrected chi connectivity index (χ4v) is 5.47. The summed E-state index contributed by atoms with van der Waals surface area (Å²) in [6, 6.07) is 26.4. The molecule has 3 heteroatoms. The standard InChI is InChI=1S/C27H25N2S/c1-18-9-12-23(13-10-18)29-19(2)15-21(16-20(29)3)17-26-28(4)27-24-8-6-5-7-22(24)11-14-25(27)30-26/h5-17H,1-4H3/q+1. The first-order valence-corrected chi connectivity index (χ1v) is 11.1. The summed E-state index contributed by atoms with van der Waals surface area (Å²) in [6.07, 6.45) is 2.30. The quantitative estimate of drug-likeness (QED) is 0.345. The van der Waals surface area contributed by atoms with Crippen molar-refractivity contribution in [3.05, 3.63) is 100 Å². The molecule has 4 aromatic rings. The second kappa shape index (κ2) is 7.33. The van der Waals surface area contributed by atoms with Crippen molar-refractivity contribution in [1.82, 2.24) is 0 Å². The van der Waals surface area contributed by atoms with Gasteiger partial charge in [0.2, 0.25) is 5.69 Å². The van der Waals surface area contributed by atoms with Gasteiger partial charge in [0.15, 0.2) is 11.4 Å². The number of hydrogen-bond acceptors (Lipinski definition) is 2. The molecule has 0 amide bonds. The Kier molecular flexibility index (Phi) is 4.63. The third-order valence-electron chi connectivity index (χ3n) is 5.78. The van der Waals surface area contributed by atoms with Gasteiger partial charge in [0.1, 0.15) is 0 Å². The highest BCUT2D eigenvalue weighted by atomic mass is 32.2. The first-order valence-electron chi connectivity index (χ1n) is 10.3. The van der Waals surface area contributed by atoms with Crippen molar-refractivity contribution in [2.75, 3.05) is 11.9 Å². The Hall–Kier alpha value is -3.04. The molecular formula is C27H25N2S+. The van der Waals surface area contributed by atoms with E-state index < -0.39 is 0 Å². The van der Waals surface area contributed by atoms with E-state index in [4.69, 9.17) is 0 Å². The van der Waals surface area contributed by atoms with Crippen LogP contribution in [0.2, 0.25) is 0 Å². The molecule has 1 aliphatic rings. The maximum atomic E-state index is 2.33. The van der Waals surface area contributed by atoms with E-state index in [1.807, 2.05) is 11.8 Å². The molecular weight excluding hydrogens is 384 g/mol. The Morgan fingerprint density at radius 2 is 1.53 bits per heavy atom. The average molecular weight is 410 g/mol. The van der Waals surface area contributed by atoms with Crippen LogP contribution in [0.3, 0.4) is 0 Å². The minimum absolute atomic E-state index is 1.21. The molecule has 0 saturated carbocycles. The van der Waals surface area contributed by atoms with Crippen LogP contribution in [0.25, 0.3) is 22.5 Å². The summed E-state index contributed by atoms with van der Waals surface area (Å²) in [5.74, 6) is 0. The maximum Gasteiger partial charge on any atom is 0.211 e. The van der Waals surface area contributed by atoms with Crippen LogP contribution in [-0.4, -0.2) is 7.05 Å². The SMILES string of the molecule is Cc1ccc(-[n+]2c(C)cc(C=C3Sc4ccc5ccccc5c4N3C)cc2C)cc1. The van der Waals surface area contributed by atoms with Crippen molar-refractivity contribution in [2.45, 2.75) is 25.7 Å². The van der Waals surface area contributed by atoms with Crippen molar-refractivity contribution >= 4 is 34.3 Å². The Morgan fingerprint density at radius 3 is 2.27 bits per heavy atom. The van der Waals surface area contributed by atoms with Crippen LogP contribution in [0.4, 0.5) is 5.69 Å². The van der Waals surface area contributed by atoms with Crippen LogP contribution >= 0.6 is 11.8 Å². The number of aromatic nitrogens is 1. The van der Waals surface area contributed by atoms with Gasteiger partial charge in [-0.15, -0.1) is 0 Å². The topological polar surface area (TPSA) is 7.12 Å². The van der Waals surface area contributed by atoms with Crippen molar-refractivity contribution < 1.29 is 4.57 Å². The number of pyridine rings is 1.